The van der Waals surface area contributed by atoms with Gasteiger partial charge in [0.05, 0.1) is 6.54 Å². The molecule has 0 heterocycles. The van der Waals surface area contributed by atoms with E-state index in [-0.39, 0.29) is 11.4 Å². The van der Waals surface area contributed by atoms with Gasteiger partial charge in [-0.2, -0.15) is 0 Å². The zero-order valence-electron chi connectivity index (χ0n) is 15.8. The first-order valence-corrected chi connectivity index (χ1v) is 8.62. The number of nitrogens with one attached hydrogen (secondary N) is 2. The molecular weight excluding hydrogens is 312 g/mol. The number of hydrogen-bond donors (Lipinski definition) is 2. The maximum Gasteiger partial charge on any atom is 0.319 e. The Morgan fingerprint density at radius 1 is 1.04 bits per heavy atom. The van der Waals surface area contributed by atoms with Crippen LogP contribution in [-0.2, 0) is 5.41 Å². The molecule has 4 nitrogen and oxygen atoms in total. The Morgan fingerprint density at radius 3 is 2.36 bits per heavy atom. The number of amides is 2. The molecule has 25 heavy (non-hydrogen) atoms. The summed E-state index contributed by atoms with van der Waals surface area (Å²) in [7, 11) is 0. The molecule has 0 saturated heterocycles. The van der Waals surface area contributed by atoms with E-state index in [4.69, 9.17) is 4.74 Å². The van der Waals surface area contributed by atoms with Gasteiger partial charge in [0.25, 0.3) is 0 Å². The van der Waals surface area contributed by atoms with Gasteiger partial charge in [0.2, 0.25) is 0 Å². The van der Waals surface area contributed by atoms with Gasteiger partial charge in [0.15, 0.2) is 0 Å². The first-order valence-electron chi connectivity index (χ1n) is 8.62. The Hall–Kier alpha value is -2.49. The third kappa shape index (κ3) is 5.52. The van der Waals surface area contributed by atoms with Crippen LogP contribution in [0.2, 0.25) is 0 Å². The van der Waals surface area contributed by atoms with Gasteiger partial charge in [-0.3, -0.25) is 0 Å². The van der Waals surface area contributed by atoms with Crippen molar-refractivity contribution in [2.45, 2.75) is 40.0 Å². The molecule has 0 aliphatic heterocycles. The lowest BCUT2D eigenvalue weighted by atomic mass is 9.87. The second kappa shape index (κ2) is 8.06. The summed E-state index contributed by atoms with van der Waals surface area (Å²) in [5.41, 5.74) is 4.46. The molecule has 0 spiro atoms. The fraction of sp³-hybridized carbons (Fsp3) is 0.381. The van der Waals surface area contributed by atoms with Crippen LogP contribution in [-0.4, -0.2) is 19.2 Å². The van der Waals surface area contributed by atoms with Crippen LogP contribution >= 0.6 is 0 Å². The van der Waals surface area contributed by atoms with Gasteiger partial charge in [-0.15, -0.1) is 0 Å². The van der Waals surface area contributed by atoms with E-state index in [1.807, 2.05) is 44.2 Å². The quantitative estimate of drug-likeness (QED) is 0.768. The summed E-state index contributed by atoms with van der Waals surface area (Å²) in [5.74, 6) is 0.810. The second-order valence-electron chi connectivity index (χ2n) is 7.25. The molecule has 0 radical (unpaired) electrons. The monoisotopic (exact) mass is 340 g/mol. The van der Waals surface area contributed by atoms with Crippen molar-refractivity contribution in [2.24, 2.45) is 0 Å². The van der Waals surface area contributed by atoms with E-state index < -0.39 is 0 Å². The van der Waals surface area contributed by atoms with Gasteiger partial charge in [-0.05, 0) is 54.2 Å². The zero-order chi connectivity index (χ0) is 18.4. The SMILES string of the molecule is Cc1cccc(NC(=O)NCCOc2ccc(C(C)(C)C)cc2)c1C. The van der Waals surface area contributed by atoms with E-state index in [0.29, 0.717) is 13.2 Å². The fourth-order valence-corrected chi connectivity index (χ4v) is 2.44. The molecule has 2 amide bonds. The molecule has 0 aromatic heterocycles. The van der Waals surface area contributed by atoms with E-state index in [1.165, 1.54) is 5.56 Å². The number of rotatable bonds is 5. The maximum absolute atomic E-state index is 12.0. The number of aryl methyl sites for hydroxylation is 1. The molecule has 2 N–H and O–H groups in total. The van der Waals surface area contributed by atoms with E-state index >= 15 is 0 Å². The molecule has 4 heteroatoms. The molecule has 0 unspecified atom stereocenters. The van der Waals surface area contributed by atoms with Crippen molar-refractivity contribution < 1.29 is 9.53 Å². The zero-order valence-corrected chi connectivity index (χ0v) is 15.8. The first kappa shape index (κ1) is 18.8. The Balaban J connectivity index is 1.75. The molecule has 134 valence electrons. The van der Waals surface area contributed by atoms with Crippen molar-refractivity contribution in [2.75, 3.05) is 18.5 Å². The molecular formula is C21H28N2O2. The predicted octanol–water partition coefficient (Wildman–Crippen LogP) is 4.80. The number of ether oxygens (including phenoxy) is 1. The predicted molar refractivity (Wildman–Crippen MR) is 104 cm³/mol. The normalized spacial score (nSPS) is 11.1. The number of anilines is 1. The average molecular weight is 340 g/mol. The van der Waals surface area contributed by atoms with Crippen molar-refractivity contribution in [3.05, 3.63) is 59.2 Å². The summed E-state index contributed by atoms with van der Waals surface area (Å²) in [6, 6.07) is 13.7. The number of carbonyl (C=O) groups is 1. The lowest BCUT2D eigenvalue weighted by molar-refractivity contribution is 0.247. The van der Waals surface area contributed by atoms with Crippen LogP contribution in [0.3, 0.4) is 0 Å². The standard InChI is InChI=1S/C21H28N2O2/c1-15-7-6-8-19(16(15)2)23-20(24)22-13-14-25-18-11-9-17(10-12-18)21(3,4)5/h6-12H,13-14H2,1-5H3,(H2,22,23,24). The van der Waals surface area contributed by atoms with Gasteiger partial charge in [0.1, 0.15) is 12.4 Å². The van der Waals surface area contributed by atoms with Gasteiger partial charge in [-0.1, -0.05) is 45.0 Å². The number of hydrogen-bond acceptors (Lipinski definition) is 2. The Labute approximate surface area is 150 Å². The summed E-state index contributed by atoms with van der Waals surface area (Å²) in [4.78, 5) is 12.0. The molecule has 0 bridgehead atoms. The molecule has 2 rings (SSSR count). The summed E-state index contributed by atoms with van der Waals surface area (Å²) >= 11 is 0. The highest BCUT2D eigenvalue weighted by atomic mass is 16.5. The number of carbonyl (C=O) groups excluding carboxylic acids is 1. The van der Waals surface area contributed by atoms with Crippen LogP contribution in [0.25, 0.3) is 0 Å². The molecule has 0 fully saturated rings. The molecule has 2 aromatic carbocycles. The average Bonchev–Trinajstić information content (AvgIpc) is 2.55. The highest BCUT2D eigenvalue weighted by molar-refractivity contribution is 5.90. The van der Waals surface area contributed by atoms with Gasteiger partial charge in [-0.25, -0.2) is 4.79 Å². The summed E-state index contributed by atoms with van der Waals surface area (Å²) in [5, 5.41) is 5.68. The number of benzene rings is 2. The highest BCUT2D eigenvalue weighted by Gasteiger charge is 2.13. The minimum Gasteiger partial charge on any atom is -0.492 e. The Bertz CT molecular complexity index is 716. The fourth-order valence-electron chi connectivity index (χ4n) is 2.44. The summed E-state index contributed by atoms with van der Waals surface area (Å²) < 4.78 is 5.67. The summed E-state index contributed by atoms with van der Waals surface area (Å²) in [6.07, 6.45) is 0. The lowest BCUT2D eigenvalue weighted by Gasteiger charge is -2.19. The van der Waals surface area contributed by atoms with Crippen molar-refractivity contribution in [3.8, 4) is 5.75 Å². The molecule has 0 aliphatic carbocycles. The molecule has 0 saturated carbocycles. The van der Waals surface area contributed by atoms with E-state index in [9.17, 15) is 4.79 Å². The van der Waals surface area contributed by atoms with E-state index in [1.54, 1.807) is 0 Å². The van der Waals surface area contributed by atoms with Crippen LogP contribution in [0.1, 0.15) is 37.5 Å². The van der Waals surface area contributed by atoms with Gasteiger partial charge >= 0.3 is 6.03 Å². The molecule has 2 aromatic rings. The minimum atomic E-state index is -0.222. The third-order valence-electron chi connectivity index (χ3n) is 4.23. The third-order valence-corrected chi connectivity index (χ3v) is 4.23. The van der Waals surface area contributed by atoms with Crippen molar-refractivity contribution >= 4 is 11.7 Å². The van der Waals surface area contributed by atoms with Gasteiger partial charge in [0, 0.05) is 5.69 Å². The van der Waals surface area contributed by atoms with Crippen molar-refractivity contribution in [1.29, 1.82) is 0 Å². The van der Waals surface area contributed by atoms with Crippen LogP contribution in [0.15, 0.2) is 42.5 Å². The number of urea groups is 1. The molecule has 0 aliphatic rings. The lowest BCUT2D eigenvalue weighted by Crippen LogP contribution is -2.32. The highest BCUT2D eigenvalue weighted by Crippen LogP contribution is 2.24. The van der Waals surface area contributed by atoms with E-state index in [0.717, 1.165) is 22.6 Å². The van der Waals surface area contributed by atoms with Gasteiger partial charge < -0.3 is 15.4 Å². The van der Waals surface area contributed by atoms with Crippen LogP contribution in [0.4, 0.5) is 10.5 Å². The van der Waals surface area contributed by atoms with Crippen LogP contribution < -0.4 is 15.4 Å². The summed E-state index contributed by atoms with van der Waals surface area (Å²) in [6.45, 7) is 11.4. The Morgan fingerprint density at radius 2 is 1.72 bits per heavy atom. The Kier molecular flexibility index (Phi) is 6.07. The molecule has 0 atom stereocenters. The smallest absolute Gasteiger partial charge is 0.319 e. The van der Waals surface area contributed by atoms with Crippen molar-refractivity contribution in [1.82, 2.24) is 5.32 Å². The second-order valence-corrected chi connectivity index (χ2v) is 7.25. The first-order chi connectivity index (χ1) is 11.8. The van der Waals surface area contributed by atoms with Crippen LogP contribution in [0.5, 0.6) is 5.75 Å². The topological polar surface area (TPSA) is 50.4 Å². The van der Waals surface area contributed by atoms with E-state index in [2.05, 4.69) is 43.5 Å². The van der Waals surface area contributed by atoms with Crippen molar-refractivity contribution in [3.63, 3.8) is 0 Å². The van der Waals surface area contributed by atoms with Crippen LogP contribution in [0, 0.1) is 13.8 Å². The maximum atomic E-state index is 12.0. The largest absolute Gasteiger partial charge is 0.492 e. The minimum absolute atomic E-state index is 0.131.